The summed E-state index contributed by atoms with van der Waals surface area (Å²) in [5.74, 6) is 0.531. The Hall–Kier alpha value is -2.94. The minimum atomic E-state index is -3.34. The first-order chi connectivity index (χ1) is 11.0. The van der Waals surface area contributed by atoms with Crippen LogP contribution < -0.4 is 5.32 Å². The number of nitrogens with zero attached hydrogens (tertiary/aromatic N) is 3. The molecule has 0 bridgehead atoms. The molecule has 116 valence electrons. The summed E-state index contributed by atoms with van der Waals surface area (Å²) in [4.78, 5) is 11.1. The van der Waals surface area contributed by atoms with E-state index in [1.54, 1.807) is 6.20 Å². The molecule has 4 rings (SSSR count). The highest BCUT2D eigenvalue weighted by Crippen LogP contribution is 2.26. The van der Waals surface area contributed by atoms with Crippen LogP contribution in [-0.4, -0.2) is 39.8 Å². The van der Waals surface area contributed by atoms with Gasteiger partial charge in [-0.1, -0.05) is 0 Å². The van der Waals surface area contributed by atoms with E-state index in [4.69, 9.17) is 0 Å². The number of rotatable bonds is 3. The quantitative estimate of drug-likeness (QED) is 0.529. The third kappa shape index (κ3) is 2.40. The molecule has 0 unspecified atom stereocenters. The summed E-state index contributed by atoms with van der Waals surface area (Å²) >= 11 is 0. The molecule has 0 atom stereocenters. The molecule has 3 N–H and O–H groups in total. The summed E-state index contributed by atoms with van der Waals surface area (Å²) in [6.45, 7) is 0. The lowest BCUT2D eigenvalue weighted by Crippen LogP contribution is -1.96. The molecule has 0 spiro atoms. The number of fused-ring (bicyclic) bond motifs is 2. The van der Waals surface area contributed by atoms with Gasteiger partial charge in [0.2, 0.25) is 0 Å². The zero-order valence-corrected chi connectivity index (χ0v) is 12.8. The molecule has 1 aromatic carbocycles. The molecule has 0 aliphatic heterocycles. The average Bonchev–Trinajstić information content (AvgIpc) is 3.13. The van der Waals surface area contributed by atoms with Gasteiger partial charge < -0.3 is 10.3 Å². The van der Waals surface area contributed by atoms with Crippen molar-refractivity contribution in [2.24, 2.45) is 0 Å². The van der Waals surface area contributed by atoms with Gasteiger partial charge in [-0.3, -0.25) is 5.10 Å². The zero-order chi connectivity index (χ0) is 16.0. The maximum atomic E-state index is 11.7. The Balaban J connectivity index is 1.80. The van der Waals surface area contributed by atoms with Crippen LogP contribution >= 0.6 is 0 Å². The minimum absolute atomic E-state index is 0.112. The standard InChI is InChI=1S/C14H12N6O2S/c1-23(21,22)12-5-10-13(15-7-16-14(10)19-12)18-9-2-3-11-8(4-9)6-17-20-11/h2-7H,1H3,(H,17,20)(H2,15,16,18,19). The SMILES string of the molecule is CS(=O)(=O)c1cc2c(Nc3ccc4[nH]ncc4c3)ncnc2[nH]1. The smallest absolute Gasteiger partial charge is 0.190 e. The van der Waals surface area contributed by atoms with Gasteiger partial charge in [0.1, 0.15) is 22.8 Å². The van der Waals surface area contributed by atoms with E-state index in [2.05, 4.69) is 30.5 Å². The van der Waals surface area contributed by atoms with Crippen LogP contribution in [0, 0.1) is 0 Å². The highest BCUT2D eigenvalue weighted by atomic mass is 32.2. The summed E-state index contributed by atoms with van der Waals surface area (Å²) in [7, 11) is -3.34. The Morgan fingerprint density at radius 1 is 1.17 bits per heavy atom. The van der Waals surface area contributed by atoms with Crippen molar-refractivity contribution in [3.8, 4) is 0 Å². The summed E-state index contributed by atoms with van der Waals surface area (Å²) in [5.41, 5.74) is 2.22. The number of aromatic nitrogens is 5. The van der Waals surface area contributed by atoms with Gasteiger partial charge in [-0.15, -0.1) is 0 Å². The average molecular weight is 328 g/mol. The van der Waals surface area contributed by atoms with Crippen molar-refractivity contribution in [2.75, 3.05) is 11.6 Å². The van der Waals surface area contributed by atoms with Crippen molar-refractivity contribution in [1.82, 2.24) is 25.1 Å². The summed E-state index contributed by atoms with van der Waals surface area (Å²) in [5, 5.41) is 11.7. The number of H-pyrrole nitrogens is 2. The van der Waals surface area contributed by atoms with E-state index in [0.717, 1.165) is 22.8 Å². The van der Waals surface area contributed by atoms with Crippen molar-refractivity contribution in [1.29, 1.82) is 0 Å². The Kier molecular flexibility index (Phi) is 2.85. The van der Waals surface area contributed by atoms with Gasteiger partial charge in [-0.05, 0) is 24.3 Å². The Morgan fingerprint density at radius 3 is 2.87 bits per heavy atom. The first-order valence-corrected chi connectivity index (χ1v) is 8.64. The lowest BCUT2D eigenvalue weighted by molar-refractivity contribution is 0.599. The molecule has 0 fully saturated rings. The number of aromatic amines is 2. The van der Waals surface area contributed by atoms with Crippen LogP contribution in [0.25, 0.3) is 21.9 Å². The number of sulfone groups is 1. The second kappa shape index (κ2) is 4.78. The van der Waals surface area contributed by atoms with Gasteiger partial charge >= 0.3 is 0 Å². The Morgan fingerprint density at radius 2 is 2.04 bits per heavy atom. The van der Waals surface area contributed by atoms with Crippen molar-refractivity contribution in [3.63, 3.8) is 0 Å². The molecular formula is C14H12N6O2S. The highest BCUT2D eigenvalue weighted by molar-refractivity contribution is 7.90. The number of hydrogen-bond acceptors (Lipinski definition) is 6. The predicted molar refractivity (Wildman–Crippen MR) is 86.4 cm³/mol. The molecule has 0 saturated heterocycles. The number of hydrogen-bond donors (Lipinski definition) is 3. The van der Waals surface area contributed by atoms with E-state index < -0.39 is 9.84 Å². The summed E-state index contributed by atoms with van der Waals surface area (Å²) < 4.78 is 23.4. The van der Waals surface area contributed by atoms with Gasteiger partial charge in [-0.25, -0.2) is 18.4 Å². The lowest BCUT2D eigenvalue weighted by atomic mass is 10.2. The van der Waals surface area contributed by atoms with Crippen molar-refractivity contribution < 1.29 is 8.42 Å². The van der Waals surface area contributed by atoms with Crippen LogP contribution in [0.3, 0.4) is 0 Å². The topological polar surface area (TPSA) is 116 Å². The maximum Gasteiger partial charge on any atom is 0.190 e. The largest absolute Gasteiger partial charge is 0.340 e. The van der Waals surface area contributed by atoms with Crippen molar-refractivity contribution in [2.45, 2.75) is 5.03 Å². The molecule has 0 aliphatic carbocycles. The first-order valence-electron chi connectivity index (χ1n) is 6.75. The lowest BCUT2D eigenvalue weighted by Gasteiger charge is -2.06. The number of anilines is 2. The summed E-state index contributed by atoms with van der Waals surface area (Å²) in [6, 6.07) is 7.25. The van der Waals surface area contributed by atoms with Gasteiger partial charge in [0.25, 0.3) is 0 Å². The number of benzene rings is 1. The van der Waals surface area contributed by atoms with Crippen LogP contribution in [0.4, 0.5) is 11.5 Å². The minimum Gasteiger partial charge on any atom is -0.340 e. The first kappa shape index (κ1) is 13.7. The molecular weight excluding hydrogens is 316 g/mol. The fourth-order valence-corrected chi connectivity index (χ4v) is 2.99. The van der Waals surface area contributed by atoms with Gasteiger partial charge in [0, 0.05) is 17.3 Å². The summed E-state index contributed by atoms with van der Waals surface area (Å²) in [6.07, 6.45) is 4.25. The normalized spacial score (nSPS) is 12.0. The maximum absolute atomic E-state index is 11.7. The van der Waals surface area contributed by atoms with Crippen molar-refractivity contribution in [3.05, 3.63) is 36.8 Å². The third-order valence-electron chi connectivity index (χ3n) is 3.50. The van der Waals surface area contributed by atoms with E-state index in [1.165, 1.54) is 12.4 Å². The molecule has 3 heterocycles. The van der Waals surface area contributed by atoms with Crippen LogP contribution in [-0.2, 0) is 9.84 Å². The van der Waals surface area contributed by atoms with Crippen LogP contribution in [0.5, 0.6) is 0 Å². The number of nitrogens with one attached hydrogen (secondary N) is 3. The third-order valence-corrected chi connectivity index (χ3v) is 4.52. The highest BCUT2D eigenvalue weighted by Gasteiger charge is 2.14. The second-order valence-corrected chi connectivity index (χ2v) is 7.17. The fraction of sp³-hybridized carbons (Fsp3) is 0.0714. The molecule has 0 amide bonds. The van der Waals surface area contributed by atoms with E-state index in [1.807, 2.05) is 18.2 Å². The molecule has 9 heteroatoms. The Bertz CT molecular complexity index is 1130. The predicted octanol–water partition coefficient (Wildman–Crippen LogP) is 1.98. The molecule has 0 aliphatic rings. The molecule has 4 aromatic rings. The molecule has 0 saturated carbocycles. The van der Waals surface area contributed by atoms with E-state index in [-0.39, 0.29) is 5.03 Å². The van der Waals surface area contributed by atoms with E-state index in [9.17, 15) is 8.42 Å². The van der Waals surface area contributed by atoms with Crippen LogP contribution in [0.15, 0.2) is 41.8 Å². The Labute approximate surface area is 130 Å². The molecule has 0 radical (unpaired) electrons. The molecule has 23 heavy (non-hydrogen) atoms. The van der Waals surface area contributed by atoms with Crippen molar-refractivity contribution >= 4 is 43.3 Å². The van der Waals surface area contributed by atoms with Crippen LogP contribution in [0.1, 0.15) is 0 Å². The van der Waals surface area contributed by atoms with Gasteiger partial charge in [0.05, 0.1) is 17.1 Å². The monoisotopic (exact) mass is 328 g/mol. The van der Waals surface area contributed by atoms with Gasteiger partial charge in [-0.2, -0.15) is 5.10 Å². The second-order valence-electron chi connectivity index (χ2n) is 5.19. The fourth-order valence-electron chi connectivity index (χ4n) is 2.37. The van der Waals surface area contributed by atoms with E-state index in [0.29, 0.717) is 16.9 Å². The molecule has 3 aromatic heterocycles. The molecule has 8 nitrogen and oxygen atoms in total. The van der Waals surface area contributed by atoms with Crippen LogP contribution in [0.2, 0.25) is 0 Å². The van der Waals surface area contributed by atoms with E-state index >= 15 is 0 Å². The van der Waals surface area contributed by atoms with Gasteiger partial charge in [0.15, 0.2) is 9.84 Å². The zero-order valence-electron chi connectivity index (χ0n) is 12.0.